The second kappa shape index (κ2) is 7.94. The highest BCUT2D eigenvalue weighted by Crippen LogP contribution is 2.40. The van der Waals surface area contributed by atoms with Gasteiger partial charge in [0.1, 0.15) is 5.82 Å². The number of hydrogen-bond donors (Lipinski definition) is 1. The predicted octanol–water partition coefficient (Wildman–Crippen LogP) is 2.01. The Hall–Kier alpha value is -2.74. The van der Waals surface area contributed by atoms with Crippen LogP contribution >= 0.6 is 0 Å². The molecule has 2 amide bonds. The number of nitrogens with one attached hydrogen (secondary N) is 1. The highest BCUT2D eigenvalue weighted by molar-refractivity contribution is 5.91. The van der Waals surface area contributed by atoms with E-state index in [0.717, 1.165) is 37.9 Å². The third-order valence-corrected chi connectivity index (χ3v) is 5.89. The lowest BCUT2D eigenvalue weighted by Gasteiger charge is -2.39. The monoisotopic (exact) mass is 399 g/mol. The van der Waals surface area contributed by atoms with Crippen LogP contribution in [0.25, 0.3) is 0 Å². The Labute approximate surface area is 169 Å². The molecule has 1 N–H and O–H groups in total. The van der Waals surface area contributed by atoms with Crippen molar-refractivity contribution in [1.82, 2.24) is 19.6 Å². The molecule has 0 radical (unpaired) electrons. The summed E-state index contributed by atoms with van der Waals surface area (Å²) in [4.78, 5) is 29.5. The molecule has 3 heterocycles. The van der Waals surface area contributed by atoms with Crippen LogP contribution < -0.4 is 5.32 Å². The lowest BCUT2D eigenvalue weighted by atomic mass is 9.78. The van der Waals surface area contributed by atoms with E-state index in [2.05, 4.69) is 15.3 Å². The van der Waals surface area contributed by atoms with E-state index in [1.807, 2.05) is 4.90 Å². The van der Waals surface area contributed by atoms with E-state index in [9.17, 15) is 14.0 Å². The number of aryl methyl sites for hydroxylation is 1. The molecule has 1 aromatic carbocycles. The minimum atomic E-state index is -0.413. The summed E-state index contributed by atoms with van der Waals surface area (Å²) < 4.78 is 14.8. The van der Waals surface area contributed by atoms with Gasteiger partial charge in [0.05, 0.1) is 12.0 Å². The summed E-state index contributed by atoms with van der Waals surface area (Å²) in [6.07, 6.45) is 4.34. The van der Waals surface area contributed by atoms with Crippen LogP contribution in [-0.4, -0.2) is 57.6 Å². The van der Waals surface area contributed by atoms with Crippen molar-refractivity contribution in [2.45, 2.75) is 25.8 Å². The fourth-order valence-corrected chi connectivity index (χ4v) is 4.45. The molecule has 1 aromatic heterocycles. The van der Waals surface area contributed by atoms with E-state index in [0.29, 0.717) is 18.9 Å². The van der Waals surface area contributed by atoms with Crippen LogP contribution in [-0.2, 0) is 23.2 Å². The first-order chi connectivity index (χ1) is 13.9. The first kappa shape index (κ1) is 19.6. The Morgan fingerprint density at radius 2 is 2.00 bits per heavy atom. The van der Waals surface area contributed by atoms with Gasteiger partial charge in [0.15, 0.2) is 5.82 Å². The lowest BCUT2D eigenvalue weighted by Crippen LogP contribution is -2.50. The predicted molar refractivity (Wildman–Crippen MR) is 106 cm³/mol. The average molecular weight is 399 g/mol. The van der Waals surface area contributed by atoms with E-state index >= 15 is 0 Å². The summed E-state index contributed by atoms with van der Waals surface area (Å²) in [5, 5.41) is 6.96. The van der Waals surface area contributed by atoms with Crippen molar-refractivity contribution < 1.29 is 14.0 Å². The van der Waals surface area contributed by atoms with Gasteiger partial charge in [0, 0.05) is 38.9 Å². The van der Waals surface area contributed by atoms with Crippen LogP contribution in [0.3, 0.4) is 0 Å². The van der Waals surface area contributed by atoms with Gasteiger partial charge in [-0.3, -0.25) is 19.2 Å². The van der Waals surface area contributed by atoms with E-state index in [-0.39, 0.29) is 24.2 Å². The number of amides is 2. The molecule has 29 heavy (non-hydrogen) atoms. The molecule has 0 bridgehead atoms. The van der Waals surface area contributed by atoms with Crippen molar-refractivity contribution in [3.8, 4) is 0 Å². The number of aromatic nitrogens is 2. The summed E-state index contributed by atoms with van der Waals surface area (Å²) in [5.74, 6) is 0.295. The van der Waals surface area contributed by atoms with Gasteiger partial charge in [-0.15, -0.1) is 0 Å². The molecule has 8 heteroatoms. The molecule has 0 saturated carbocycles. The average Bonchev–Trinajstić information content (AvgIpc) is 3.28. The van der Waals surface area contributed by atoms with Crippen LogP contribution in [0.1, 0.15) is 24.8 Å². The summed E-state index contributed by atoms with van der Waals surface area (Å²) >= 11 is 0. The molecule has 2 aliphatic heterocycles. The third kappa shape index (κ3) is 4.32. The Kier molecular flexibility index (Phi) is 5.36. The maximum Gasteiger partial charge on any atom is 0.239 e. The molecular weight excluding hydrogens is 373 g/mol. The third-order valence-electron chi connectivity index (χ3n) is 5.89. The molecule has 1 spiro atoms. The van der Waals surface area contributed by atoms with Crippen LogP contribution in [0.2, 0.25) is 0 Å². The zero-order chi connectivity index (χ0) is 20.4. The summed E-state index contributed by atoms with van der Waals surface area (Å²) in [6.45, 7) is 2.80. The lowest BCUT2D eigenvalue weighted by molar-refractivity contribution is -0.146. The van der Waals surface area contributed by atoms with Crippen molar-refractivity contribution in [3.05, 3.63) is 47.9 Å². The maximum absolute atomic E-state index is 13.3. The molecule has 2 fully saturated rings. The second-order valence-electron chi connectivity index (χ2n) is 8.12. The highest BCUT2D eigenvalue weighted by Gasteiger charge is 2.48. The largest absolute Gasteiger partial charge is 0.338 e. The molecule has 2 aromatic rings. The zero-order valence-electron chi connectivity index (χ0n) is 16.6. The maximum atomic E-state index is 13.3. The number of carbonyl (C=O) groups is 2. The Morgan fingerprint density at radius 3 is 2.72 bits per heavy atom. The summed E-state index contributed by atoms with van der Waals surface area (Å²) in [5.41, 5.74) is 0.519. The number of hydrogen-bond acceptors (Lipinski definition) is 4. The second-order valence-corrected chi connectivity index (χ2v) is 8.12. The van der Waals surface area contributed by atoms with Gasteiger partial charge in [-0.2, -0.15) is 5.10 Å². The van der Waals surface area contributed by atoms with Crippen molar-refractivity contribution >= 4 is 17.6 Å². The number of rotatable bonds is 5. The number of anilines is 1. The minimum absolute atomic E-state index is 0.118. The van der Waals surface area contributed by atoms with E-state index < -0.39 is 5.41 Å². The number of carbonyl (C=O) groups excluding carboxylic acids is 2. The van der Waals surface area contributed by atoms with E-state index in [1.165, 1.54) is 12.1 Å². The fourth-order valence-electron chi connectivity index (χ4n) is 4.45. The molecule has 1 atom stereocenters. The Balaban J connectivity index is 1.36. The SMILES string of the molecule is Cn1ccc(NC(=O)CN2CC[C@@]3(CCCN(Cc4ccc(F)cc4)C3=O)C2)n1. The van der Waals surface area contributed by atoms with E-state index in [1.54, 1.807) is 36.1 Å². The smallest absolute Gasteiger partial charge is 0.239 e. The first-order valence-corrected chi connectivity index (χ1v) is 9.99. The highest BCUT2D eigenvalue weighted by atomic mass is 19.1. The van der Waals surface area contributed by atoms with Gasteiger partial charge >= 0.3 is 0 Å². The van der Waals surface area contributed by atoms with Gasteiger partial charge in [0.25, 0.3) is 0 Å². The fraction of sp³-hybridized carbons (Fsp3) is 0.476. The number of nitrogens with zero attached hydrogens (tertiary/aromatic N) is 4. The molecule has 7 nitrogen and oxygen atoms in total. The molecule has 2 saturated heterocycles. The Morgan fingerprint density at radius 1 is 1.21 bits per heavy atom. The molecule has 0 unspecified atom stereocenters. The van der Waals surface area contributed by atoms with Gasteiger partial charge in [0.2, 0.25) is 11.8 Å². The van der Waals surface area contributed by atoms with Crippen LogP contribution in [0.15, 0.2) is 36.5 Å². The quantitative estimate of drug-likeness (QED) is 0.835. The van der Waals surface area contributed by atoms with Crippen LogP contribution in [0.4, 0.5) is 10.2 Å². The van der Waals surface area contributed by atoms with Gasteiger partial charge in [-0.1, -0.05) is 12.1 Å². The molecule has 4 rings (SSSR count). The van der Waals surface area contributed by atoms with Gasteiger partial charge < -0.3 is 10.2 Å². The standard InChI is InChI=1S/C21H26FN5O2/c1-25-11-7-18(24-25)23-19(28)14-26-12-9-21(15-26)8-2-10-27(20(21)29)13-16-3-5-17(22)6-4-16/h3-7,11H,2,8-10,12-15H2,1H3,(H,23,24,28)/t21-/m0/s1. The van der Waals surface area contributed by atoms with Crippen LogP contribution in [0.5, 0.6) is 0 Å². The van der Waals surface area contributed by atoms with Gasteiger partial charge in [-0.05, 0) is 43.5 Å². The molecular formula is C21H26FN5O2. The Bertz CT molecular complexity index is 897. The zero-order valence-corrected chi connectivity index (χ0v) is 16.6. The van der Waals surface area contributed by atoms with Crippen molar-refractivity contribution in [2.75, 3.05) is 31.5 Å². The number of halogens is 1. The van der Waals surface area contributed by atoms with Crippen molar-refractivity contribution in [2.24, 2.45) is 12.5 Å². The topological polar surface area (TPSA) is 70.5 Å². The van der Waals surface area contributed by atoms with Crippen LogP contribution in [0, 0.1) is 11.2 Å². The minimum Gasteiger partial charge on any atom is -0.338 e. The summed E-state index contributed by atoms with van der Waals surface area (Å²) in [6, 6.07) is 8.06. The normalized spacial score (nSPS) is 22.4. The number of piperidine rings is 1. The number of likely N-dealkylation sites (tertiary alicyclic amines) is 2. The van der Waals surface area contributed by atoms with Crippen molar-refractivity contribution in [1.29, 1.82) is 0 Å². The number of benzene rings is 1. The molecule has 2 aliphatic rings. The molecule has 154 valence electrons. The van der Waals surface area contributed by atoms with E-state index in [4.69, 9.17) is 0 Å². The molecule has 0 aliphatic carbocycles. The summed E-state index contributed by atoms with van der Waals surface area (Å²) in [7, 11) is 1.80. The van der Waals surface area contributed by atoms with Gasteiger partial charge in [-0.25, -0.2) is 4.39 Å². The first-order valence-electron chi connectivity index (χ1n) is 9.99. The van der Waals surface area contributed by atoms with Crippen molar-refractivity contribution in [3.63, 3.8) is 0 Å².